The number of carbonyl (C=O) groups is 1. The van der Waals surface area contributed by atoms with Gasteiger partial charge in [-0.2, -0.15) is 0 Å². The van der Waals surface area contributed by atoms with Crippen LogP contribution in [-0.2, 0) is 4.74 Å². The van der Waals surface area contributed by atoms with Crippen molar-refractivity contribution in [2.45, 2.75) is 32.9 Å². The van der Waals surface area contributed by atoms with Crippen LogP contribution in [0.1, 0.15) is 31.1 Å². The lowest BCUT2D eigenvalue weighted by atomic mass is 10.2. The quantitative estimate of drug-likeness (QED) is 0.759. The second-order valence-electron chi connectivity index (χ2n) is 4.08. The van der Waals surface area contributed by atoms with Gasteiger partial charge in [0.05, 0.1) is 12.7 Å². The van der Waals surface area contributed by atoms with Gasteiger partial charge in [0, 0.05) is 12.2 Å². The van der Waals surface area contributed by atoms with Crippen LogP contribution in [0, 0.1) is 0 Å². The average molecular weight is 238 g/mol. The molecule has 94 valence electrons. The molecule has 5 heteroatoms. The van der Waals surface area contributed by atoms with Crippen LogP contribution in [0.15, 0.2) is 18.3 Å². The Hall–Kier alpha value is -1.62. The van der Waals surface area contributed by atoms with Crippen molar-refractivity contribution in [3.8, 4) is 0 Å². The summed E-state index contributed by atoms with van der Waals surface area (Å²) in [6.07, 6.45) is 1.41. The number of hydrogen-bond donors (Lipinski definition) is 2. The Labute approximate surface area is 101 Å². The van der Waals surface area contributed by atoms with Gasteiger partial charge in [0.25, 0.3) is 0 Å². The number of hydrogen-bond acceptors (Lipinski definition) is 5. The maximum absolute atomic E-state index is 11.8. The van der Waals surface area contributed by atoms with E-state index in [0.29, 0.717) is 11.4 Å². The molecule has 0 saturated heterocycles. The monoisotopic (exact) mass is 238 g/mol. The summed E-state index contributed by atoms with van der Waals surface area (Å²) in [5.41, 5.74) is 0.376. The Morgan fingerprint density at radius 2 is 2.24 bits per heavy atom. The number of esters is 1. The number of aliphatic hydroxyl groups excluding tert-OH is 1. The Kier molecular flexibility index (Phi) is 4.90. The van der Waals surface area contributed by atoms with E-state index in [2.05, 4.69) is 10.3 Å². The summed E-state index contributed by atoms with van der Waals surface area (Å²) < 4.78 is 5.11. The van der Waals surface area contributed by atoms with Gasteiger partial charge < -0.3 is 15.2 Å². The van der Waals surface area contributed by atoms with E-state index in [4.69, 9.17) is 9.84 Å². The number of nitrogens with one attached hydrogen (secondary N) is 1. The minimum atomic E-state index is -0.416. The summed E-state index contributed by atoms with van der Waals surface area (Å²) in [6, 6.07) is 3.14. The summed E-state index contributed by atoms with van der Waals surface area (Å²) in [6.45, 7) is 5.34. The molecule has 0 amide bonds. The Morgan fingerprint density at radius 3 is 2.82 bits per heavy atom. The van der Waals surface area contributed by atoms with Crippen molar-refractivity contribution in [2.24, 2.45) is 0 Å². The van der Waals surface area contributed by atoms with Crippen molar-refractivity contribution >= 4 is 11.8 Å². The van der Waals surface area contributed by atoms with Crippen LogP contribution in [0.3, 0.4) is 0 Å². The molecule has 0 aliphatic rings. The van der Waals surface area contributed by atoms with Crippen molar-refractivity contribution in [3.63, 3.8) is 0 Å². The van der Waals surface area contributed by atoms with E-state index in [0.717, 1.165) is 0 Å². The number of pyridine rings is 1. The molecule has 0 fully saturated rings. The second kappa shape index (κ2) is 6.20. The topological polar surface area (TPSA) is 71.5 Å². The fourth-order valence-corrected chi connectivity index (χ4v) is 1.24. The van der Waals surface area contributed by atoms with E-state index in [1.807, 2.05) is 0 Å². The zero-order chi connectivity index (χ0) is 12.8. The maximum atomic E-state index is 11.8. The van der Waals surface area contributed by atoms with Crippen LogP contribution in [0.5, 0.6) is 0 Å². The predicted molar refractivity (Wildman–Crippen MR) is 65.0 cm³/mol. The number of ether oxygens (including phenoxy) is 1. The molecule has 0 aliphatic carbocycles. The number of anilines is 1. The van der Waals surface area contributed by atoms with Gasteiger partial charge in [-0.1, -0.05) is 0 Å². The molecule has 0 radical (unpaired) electrons. The molecule has 0 spiro atoms. The van der Waals surface area contributed by atoms with E-state index in [9.17, 15) is 4.79 Å². The van der Waals surface area contributed by atoms with Gasteiger partial charge in [0.1, 0.15) is 11.4 Å². The van der Waals surface area contributed by atoms with Crippen molar-refractivity contribution in [1.29, 1.82) is 0 Å². The van der Waals surface area contributed by atoms with Crippen LogP contribution in [0.4, 0.5) is 5.82 Å². The highest BCUT2D eigenvalue weighted by Crippen LogP contribution is 2.14. The number of carbonyl (C=O) groups excluding carboxylic acids is 1. The second-order valence-corrected chi connectivity index (χ2v) is 4.08. The van der Waals surface area contributed by atoms with Gasteiger partial charge in [-0.05, 0) is 32.9 Å². The largest absolute Gasteiger partial charge is 0.459 e. The summed E-state index contributed by atoms with van der Waals surface area (Å²) in [5.74, 6) is 0.0143. The molecule has 0 saturated carbocycles. The molecule has 0 aromatic carbocycles. The van der Waals surface area contributed by atoms with Gasteiger partial charge in [-0.15, -0.1) is 0 Å². The SMILES string of the molecule is CC(CO)Nc1ncccc1C(=O)OC(C)C. The van der Waals surface area contributed by atoms with E-state index < -0.39 is 5.97 Å². The summed E-state index contributed by atoms with van der Waals surface area (Å²) >= 11 is 0. The molecular weight excluding hydrogens is 220 g/mol. The molecule has 1 aromatic heterocycles. The van der Waals surface area contributed by atoms with E-state index in [-0.39, 0.29) is 18.8 Å². The molecular formula is C12H18N2O3. The minimum absolute atomic E-state index is 0.0325. The molecule has 1 aromatic rings. The van der Waals surface area contributed by atoms with Crippen molar-refractivity contribution in [3.05, 3.63) is 23.9 Å². The summed E-state index contributed by atoms with van der Waals surface area (Å²) in [4.78, 5) is 15.9. The van der Waals surface area contributed by atoms with E-state index in [1.165, 1.54) is 0 Å². The zero-order valence-electron chi connectivity index (χ0n) is 10.3. The number of nitrogens with zero attached hydrogens (tertiary/aromatic N) is 1. The van der Waals surface area contributed by atoms with Crippen LogP contribution in [0.25, 0.3) is 0 Å². The molecule has 2 N–H and O–H groups in total. The summed E-state index contributed by atoms with van der Waals surface area (Å²) in [5, 5.41) is 11.9. The molecule has 0 bridgehead atoms. The number of aromatic nitrogens is 1. The fourth-order valence-electron chi connectivity index (χ4n) is 1.24. The Balaban J connectivity index is 2.87. The third-order valence-corrected chi connectivity index (χ3v) is 2.03. The minimum Gasteiger partial charge on any atom is -0.459 e. The van der Waals surface area contributed by atoms with Gasteiger partial charge in [-0.3, -0.25) is 0 Å². The van der Waals surface area contributed by atoms with Crippen molar-refractivity contribution in [1.82, 2.24) is 4.98 Å². The first-order chi connectivity index (χ1) is 8.04. The van der Waals surface area contributed by atoms with Crippen molar-refractivity contribution < 1.29 is 14.6 Å². The van der Waals surface area contributed by atoms with Crippen LogP contribution in [0.2, 0.25) is 0 Å². The highest BCUT2D eigenvalue weighted by atomic mass is 16.5. The first-order valence-corrected chi connectivity index (χ1v) is 5.58. The normalized spacial score (nSPS) is 12.3. The highest BCUT2D eigenvalue weighted by Gasteiger charge is 2.15. The van der Waals surface area contributed by atoms with Gasteiger partial charge >= 0.3 is 5.97 Å². The first kappa shape index (κ1) is 13.4. The molecule has 1 unspecified atom stereocenters. The highest BCUT2D eigenvalue weighted by molar-refractivity contribution is 5.94. The van der Waals surface area contributed by atoms with Gasteiger partial charge in [-0.25, -0.2) is 9.78 Å². The molecule has 1 heterocycles. The maximum Gasteiger partial charge on any atom is 0.342 e. The standard InChI is InChI=1S/C12H18N2O3/c1-8(2)17-12(16)10-5-4-6-13-11(10)14-9(3)7-15/h4-6,8-9,15H,7H2,1-3H3,(H,13,14). The average Bonchev–Trinajstić information content (AvgIpc) is 2.28. The molecule has 1 atom stereocenters. The summed E-state index contributed by atoms with van der Waals surface area (Å²) in [7, 11) is 0. The van der Waals surface area contributed by atoms with Gasteiger partial charge in [0.2, 0.25) is 0 Å². The van der Waals surface area contributed by atoms with Crippen LogP contribution in [-0.4, -0.2) is 34.8 Å². The molecule has 1 rings (SSSR count). The fraction of sp³-hybridized carbons (Fsp3) is 0.500. The number of rotatable bonds is 5. The lowest BCUT2D eigenvalue weighted by Gasteiger charge is -2.15. The first-order valence-electron chi connectivity index (χ1n) is 5.58. The number of aliphatic hydroxyl groups is 1. The third-order valence-electron chi connectivity index (χ3n) is 2.03. The molecule has 5 nitrogen and oxygen atoms in total. The Bertz CT molecular complexity index is 380. The molecule has 0 aliphatic heterocycles. The lowest BCUT2D eigenvalue weighted by molar-refractivity contribution is 0.0378. The zero-order valence-corrected chi connectivity index (χ0v) is 10.3. The van der Waals surface area contributed by atoms with E-state index in [1.54, 1.807) is 39.1 Å². The smallest absolute Gasteiger partial charge is 0.342 e. The predicted octanol–water partition coefficient (Wildman–Crippen LogP) is 1.44. The van der Waals surface area contributed by atoms with E-state index >= 15 is 0 Å². The van der Waals surface area contributed by atoms with Gasteiger partial charge in [0.15, 0.2) is 0 Å². The lowest BCUT2D eigenvalue weighted by Crippen LogP contribution is -2.22. The molecule has 17 heavy (non-hydrogen) atoms. The van der Waals surface area contributed by atoms with Crippen LogP contribution >= 0.6 is 0 Å². The van der Waals surface area contributed by atoms with Crippen molar-refractivity contribution in [2.75, 3.05) is 11.9 Å². The third kappa shape index (κ3) is 4.03. The Morgan fingerprint density at radius 1 is 1.53 bits per heavy atom. The van der Waals surface area contributed by atoms with Crippen LogP contribution < -0.4 is 5.32 Å².